The SMILES string of the molecule is C#CCn1c(=NC(=O)c2cc(Cl)ccc2[N+](=O)[O-])sc2cc(Cl)ccc21. The van der Waals surface area contributed by atoms with Gasteiger partial charge in [0.05, 0.1) is 21.7 Å². The summed E-state index contributed by atoms with van der Waals surface area (Å²) in [6.45, 7) is 0.186. The highest BCUT2D eigenvalue weighted by Crippen LogP contribution is 2.24. The van der Waals surface area contributed by atoms with E-state index in [1.54, 1.807) is 22.8 Å². The molecule has 0 saturated heterocycles. The third-order valence-corrected chi connectivity index (χ3v) is 4.99. The normalized spacial score (nSPS) is 11.5. The third-order valence-electron chi connectivity index (χ3n) is 3.48. The van der Waals surface area contributed by atoms with Crippen molar-refractivity contribution in [3.63, 3.8) is 0 Å². The number of terminal acetylenes is 1. The van der Waals surface area contributed by atoms with E-state index in [0.29, 0.717) is 9.82 Å². The van der Waals surface area contributed by atoms with Crippen molar-refractivity contribution < 1.29 is 9.72 Å². The number of hydrogen-bond acceptors (Lipinski definition) is 4. The summed E-state index contributed by atoms with van der Waals surface area (Å²) < 4.78 is 2.46. The highest BCUT2D eigenvalue weighted by atomic mass is 35.5. The number of benzene rings is 2. The quantitative estimate of drug-likeness (QED) is 0.370. The molecule has 6 nitrogen and oxygen atoms in total. The number of nitro benzene ring substituents is 1. The first kappa shape index (κ1) is 18.1. The van der Waals surface area contributed by atoms with Crippen LogP contribution < -0.4 is 4.80 Å². The Hall–Kier alpha value is -2.66. The number of halogens is 2. The van der Waals surface area contributed by atoms with Crippen LogP contribution in [0.3, 0.4) is 0 Å². The van der Waals surface area contributed by atoms with Crippen LogP contribution in [-0.2, 0) is 6.54 Å². The van der Waals surface area contributed by atoms with E-state index in [2.05, 4.69) is 10.9 Å². The third kappa shape index (κ3) is 3.48. The average Bonchev–Trinajstić information content (AvgIpc) is 2.91. The lowest BCUT2D eigenvalue weighted by Crippen LogP contribution is -2.17. The van der Waals surface area contributed by atoms with E-state index >= 15 is 0 Å². The van der Waals surface area contributed by atoms with Gasteiger partial charge in [0.15, 0.2) is 4.80 Å². The van der Waals surface area contributed by atoms with Gasteiger partial charge in [0, 0.05) is 16.1 Å². The number of aromatic nitrogens is 1. The first-order chi connectivity index (χ1) is 12.4. The van der Waals surface area contributed by atoms with Gasteiger partial charge in [0.1, 0.15) is 5.56 Å². The highest BCUT2D eigenvalue weighted by molar-refractivity contribution is 7.16. The molecular weight excluding hydrogens is 397 g/mol. The Kier molecular flexibility index (Phi) is 5.09. The molecule has 0 unspecified atom stereocenters. The number of nitro groups is 1. The summed E-state index contributed by atoms with van der Waals surface area (Å²) in [6, 6.07) is 8.96. The lowest BCUT2D eigenvalue weighted by Gasteiger charge is -2.01. The predicted octanol–water partition coefficient (Wildman–Crippen LogP) is 4.29. The molecule has 0 bridgehead atoms. The monoisotopic (exact) mass is 405 g/mol. The first-order valence-electron chi connectivity index (χ1n) is 7.16. The van der Waals surface area contributed by atoms with Crippen LogP contribution in [0.15, 0.2) is 41.4 Å². The number of nitrogens with zero attached hydrogens (tertiary/aromatic N) is 3. The van der Waals surface area contributed by atoms with Crippen molar-refractivity contribution in [3.05, 3.63) is 66.9 Å². The molecule has 130 valence electrons. The maximum Gasteiger partial charge on any atom is 0.286 e. The zero-order valence-electron chi connectivity index (χ0n) is 13.0. The lowest BCUT2D eigenvalue weighted by molar-refractivity contribution is -0.385. The van der Waals surface area contributed by atoms with Crippen LogP contribution in [0.1, 0.15) is 10.4 Å². The van der Waals surface area contributed by atoms with Gasteiger partial charge in [0.2, 0.25) is 0 Å². The Morgan fingerprint density at radius 2 is 1.96 bits per heavy atom. The molecule has 1 heterocycles. The Labute approximate surface area is 161 Å². The van der Waals surface area contributed by atoms with E-state index in [1.807, 2.05) is 0 Å². The van der Waals surface area contributed by atoms with Crippen molar-refractivity contribution in [2.75, 3.05) is 0 Å². The molecule has 0 N–H and O–H groups in total. The largest absolute Gasteiger partial charge is 0.305 e. The van der Waals surface area contributed by atoms with Gasteiger partial charge < -0.3 is 4.57 Å². The van der Waals surface area contributed by atoms with Crippen LogP contribution in [-0.4, -0.2) is 15.4 Å². The van der Waals surface area contributed by atoms with Crippen LogP contribution >= 0.6 is 34.5 Å². The first-order valence-corrected chi connectivity index (χ1v) is 8.73. The Morgan fingerprint density at radius 3 is 2.65 bits per heavy atom. The van der Waals surface area contributed by atoms with Crippen molar-refractivity contribution >= 4 is 56.3 Å². The van der Waals surface area contributed by atoms with Gasteiger partial charge in [-0.15, -0.1) is 6.42 Å². The number of rotatable bonds is 3. The number of hydrogen-bond donors (Lipinski definition) is 0. The summed E-state index contributed by atoms with van der Waals surface area (Å²) in [4.78, 5) is 27.4. The number of carbonyl (C=O) groups is 1. The molecule has 0 atom stereocenters. The van der Waals surface area contributed by atoms with Gasteiger partial charge in [-0.3, -0.25) is 14.9 Å². The summed E-state index contributed by atoms with van der Waals surface area (Å²) in [5.41, 5.74) is 0.213. The van der Waals surface area contributed by atoms with E-state index in [1.165, 1.54) is 29.5 Å². The van der Waals surface area contributed by atoms with Crippen molar-refractivity contribution in [2.45, 2.75) is 6.54 Å². The maximum absolute atomic E-state index is 12.6. The van der Waals surface area contributed by atoms with E-state index < -0.39 is 10.8 Å². The van der Waals surface area contributed by atoms with Gasteiger partial charge in [-0.1, -0.05) is 40.5 Å². The zero-order valence-corrected chi connectivity index (χ0v) is 15.3. The van der Waals surface area contributed by atoms with Gasteiger partial charge in [0.25, 0.3) is 11.6 Å². The van der Waals surface area contributed by atoms with Gasteiger partial charge in [-0.25, -0.2) is 0 Å². The van der Waals surface area contributed by atoms with Gasteiger partial charge in [-0.2, -0.15) is 4.99 Å². The molecule has 0 fully saturated rings. The van der Waals surface area contributed by atoms with Gasteiger partial charge in [-0.05, 0) is 30.3 Å². The molecule has 0 aliphatic heterocycles. The van der Waals surface area contributed by atoms with Crippen LogP contribution in [0.25, 0.3) is 10.2 Å². The number of carbonyl (C=O) groups excluding carboxylic acids is 1. The molecule has 9 heteroatoms. The Bertz CT molecular complexity index is 1160. The fourth-order valence-corrected chi connectivity index (χ4v) is 3.84. The van der Waals surface area contributed by atoms with Crippen LogP contribution in [0.2, 0.25) is 10.0 Å². The van der Waals surface area contributed by atoms with Crippen molar-refractivity contribution in [2.24, 2.45) is 4.99 Å². The fourth-order valence-electron chi connectivity index (χ4n) is 2.36. The number of thiazole rings is 1. The van der Waals surface area contributed by atoms with Crippen LogP contribution in [0, 0.1) is 22.5 Å². The molecule has 2 aromatic carbocycles. The van der Waals surface area contributed by atoms with Crippen molar-refractivity contribution in [1.82, 2.24) is 4.57 Å². The van der Waals surface area contributed by atoms with Gasteiger partial charge >= 0.3 is 0 Å². The topological polar surface area (TPSA) is 77.5 Å². The molecule has 0 aliphatic carbocycles. The average molecular weight is 406 g/mol. The predicted molar refractivity (Wildman–Crippen MR) is 102 cm³/mol. The summed E-state index contributed by atoms with van der Waals surface area (Å²) in [6.07, 6.45) is 5.41. The minimum absolute atomic E-state index is 0.186. The van der Waals surface area contributed by atoms with E-state index in [9.17, 15) is 14.9 Å². The van der Waals surface area contributed by atoms with E-state index in [-0.39, 0.29) is 22.8 Å². The standard InChI is InChI=1S/C17H9Cl2N3O3S/c1-2-7-21-14-6-4-11(19)9-15(14)26-17(21)20-16(23)12-8-10(18)3-5-13(12)22(24)25/h1,3-6,8-9H,7H2. The lowest BCUT2D eigenvalue weighted by atomic mass is 10.2. The van der Waals surface area contributed by atoms with Crippen LogP contribution in [0.5, 0.6) is 0 Å². The zero-order chi connectivity index (χ0) is 18.8. The number of amides is 1. The second kappa shape index (κ2) is 7.30. The maximum atomic E-state index is 12.6. The molecule has 0 radical (unpaired) electrons. The van der Waals surface area contributed by atoms with Crippen LogP contribution in [0.4, 0.5) is 5.69 Å². The molecule has 1 aromatic heterocycles. The fraction of sp³-hybridized carbons (Fsp3) is 0.0588. The number of fused-ring (bicyclic) bond motifs is 1. The summed E-state index contributed by atoms with van der Waals surface area (Å²) in [5.74, 6) is 1.73. The Balaban J connectivity index is 2.21. The van der Waals surface area contributed by atoms with E-state index in [4.69, 9.17) is 29.6 Å². The molecule has 0 spiro atoms. The minimum Gasteiger partial charge on any atom is -0.305 e. The molecular formula is C17H9Cl2N3O3S. The Morgan fingerprint density at radius 1 is 1.27 bits per heavy atom. The minimum atomic E-state index is -0.775. The highest BCUT2D eigenvalue weighted by Gasteiger charge is 2.20. The second-order valence-corrected chi connectivity index (χ2v) is 7.00. The molecule has 0 saturated carbocycles. The molecule has 3 aromatic rings. The van der Waals surface area contributed by atoms with E-state index in [0.717, 1.165) is 10.2 Å². The molecule has 1 amide bonds. The summed E-state index contributed by atoms with van der Waals surface area (Å²) in [7, 11) is 0. The molecule has 3 rings (SSSR count). The second-order valence-electron chi connectivity index (χ2n) is 5.12. The summed E-state index contributed by atoms with van der Waals surface area (Å²) >= 11 is 13.1. The smallest absolute Gasteiger partial charge is 0.286 e. The van der Waals surface area contributed by atoms with Crippen molar-refractivity contribution in [1.29, 1.82) is 0 Å². The molecule has 26 heavy (non-hydrogen) atoms. The summed E-state index contributed by atoms with van der Waals surface area (Å²) in [5, 5.41) is 11.9. The molecule has 0 aliphatic rings. The van der Waals surface area contributed by atoms with Crippen molar-refractivity contribution in [3.8, 4) is 12.3 Å².